The van der Waals surface area contributed by atoms with Crippen LogP contribution in [0.3, 0.4) is 0 Å². The number of aliphatic hydroxyl groups is 2. The van der Waals surface area contributed by atoms with E-state index in [0.29, 0.717) is 12.7 Å². The number of amides is 2. The van der Waals surface area contributed by atoms with E-state index in [0.717, 1.165) is 0 Å². The Balaban J connectivity index is 3.44. The molecule has 0 saturated heterocycles. The molecular formula is C11H13I3N2O4. The summed E-state index contributed by atoms with van der Waals surface area (Å²) in [6.07, 6.45) is 0.752. The summed E-state index contributed by atoms with van der Waals surface area (Å²) in [5.74, 6) is -2.22. The molecule has 112 valence electrons. The van der Waals surface area contributed by atoms with Crippen molar-refractivity contribution in [1.82, 2.24) is 0 Å². The maximum atomic E-state index is 12.0. The second-order valence-corrected chi connectivity index (χ2v) is 8.42. The van der Waals surface area contributed by atoms with Gasteiger partial charge in [-0.25, -0.2) is 0 Å². The SMILES string of the molecule is NC(=O)C1C(I)=CC(I)=C(CC(O)CO)C1(I)C(N)=O. The molecule has 0 aliphatic heterocycles. The molecular weight excluding hydrogens is 605 g/mol. The number of aliphatic hydroxyl groups excluding tert-OH is 2. The van der Waals surface area contributed by atoms with E-state index >= 15 is 0 Å². The summed E-state index contributed by atoms with van der Waals surface area (Å²) in [6, 6.07) is 0. The quantitative estimate of drug-likeness (QED) is 0.265. The third kappa shape index (κ3) is 3.47. The fourth-order valence-corrected chi connectivity index (χ4v) is 6.93. The first-order valence-electron chi connectivity index (χ1n) is 5.49. The van der Waals surface area contributed by atoms with E-state index in [2.05, 4.69) is 0 Å². The Bertz CT molecular complexity index is 506. The van der Waals surface area contributed by atoms with Gasteiger partial charge in [-0.15, -0.1) is 0 Å². The molecule has 0 spiro atoms. The van der Waals surface area contributed by atoms with Crippen LogP contribution in [0.2, 0.25) is 0 Å². The van der Waals surface area contributed by atoms with Gasteiger partial charge in [0.05, 0.1) is 18.6 Å². The van der Waals surface area contributed by atoms with Crippen LogP contribution in [0.4, 0.5) is 0 Å². The largest absolute Gasteiger partial charge is 0.394 e. The van der Waals surface area contributed by atoms with E-state index in [1.807, 2.05) is 67.8 Å². The van der Waals surface area contributed by atoms with Gasteiger partial charge in [0.15, 0.2) is 0 Å². The minimum absolute atomic E-state index is 0.0465. The zero-order chi connectivity index (χ0) is 15.7. The molecule has 2 amide bonds. The van der Waals surface area contributed by atoms with E-state index in [1.54, 1.807) is 6.08 Å². The summed E-state index contributed by atoms with van der Waals surface area (Å²) in [5, 5.41) is 18.6. The Kier molecular flexibility index (Phi) is 6.68. The van der Waals surface area contributed by atoms with Crippen molar-refractivity contribution in [3.63, 3.8) is 0 Å². The van der Waals surface area contributed by atoms with Crippen molar-refractivity contribution < 1.29 is 19.8 Å². The van der Waals surface area contributed by atoms with Crippen LogP contribution in [0.15, 0.2) is 18.8 Å². The number of hydrogen-bond donors (Lipinski definition) is 4. The molecule has 0 aromatic rings. The predicted octanol–water partition coefficient (Wildman–Crippen LogP) is 0.512. The number of primary amides is 2. The minimum Gasteiger partial charge on any atom is -0.394 e. The van der Waals surface area contributed by atoms with Gasteiger partial charge in [0.25, 0.3) is 0 Å². The monoisotopic (exact) mass is 618 g/mol. The highest BCUT2D eigenvalue weighted by Crippen LogP contribution is 2.49. The third-order valence-corrected chi connectivity index (χ3v) is 6.66. The number of rotatable bonds is 5. The first kappa shape index (κ1) is 18.6. The summed E-state index contributed by atoms with van der Waals surface area (Å²) in [6.45, 7) is -0.444. The normalized spacial score (nSPS) is 28.1. The highest BCUT2D eigenvalue weighted by atomic mass is 127. The van der Waals surface area contributed by atoms with Crippen molar-refractivity contribution in [2.75, 3.05) is 6.61 Å². The van der Waals surface area contributed by atoms with Gasteiger partial charge in [-0.2, -0.15) is 0 Å². The van der Waals surface area contributed by atoms with Gasteiger partial charge >= 0.3 is 0 Å². The lowest BCUT2D eigenvalue weighted by Crippen LogP contribution is -2.53. The van der Waals surface area contributed by atoms with Crippen molar-refractivity contribution in [3.8, 4) is 0 Å². The van der Waals surface area contributed by atoms with Gasteiger partial charge in [-0.05, 0) is 63.3 Å². The zero-order valence-electron chi connectivity index (χ0n) is 10.1. The van der Waals surface area contributed by atoms with E-state index in [9.17, 15) is 14.7 Å². The summed E-state index contributed by atoms with van der Waals surface area (Å²) >= 11 is 5.80. The molecule has 1 rings (SSSR count). The number of nitrogens with two attached hydrogens (primary N) is 2. The summed E-state index contributed by atoms with van der Waals surface area (Å²) in [4.78, 5) is 23.7. The van der Waals surface area contributed by atoms with Gasteiger partial charge in [-0.3, -0.25) is 9.59 Å². The average Bonchev–Trinajstić information content (AvgIpc) is 2.32. The first-order valence-corrected chi connectivity index (χ1v) is 8.73. The zero-order valence-corrected chi connectivity index (χ0v) is 16.6. The fraction of sp³-hybridized carbons (Fsp3) is 0.455. The molecule has 0 bridgehead atoms. The molecule has 0 radical (unpaired) electrons. The maximum absolute atomic E-state index is 12.0. The van der Waals surface area contributed by atoms with Gasteiger partial charge < -0.3 is 21.7 Å². The van der Waals surface area contributed by atoms with E-state index < -0.39 is 33.9 Å². The maximum Gasteiger partial charge on any atom is 0.238 e. The lowest BCUT2D eigenvalue weighted by atomic mass is 9.79. The van der Waals surface area contributed by atoms with Crippen LogP contribution in [-0.2, 0) is 9.59 Å². The molecule has 3 atom stereocenters. The molecule has 6 nitrogen and oxygen atoms in total. The molecule has 20 heavy (non-hydrogen) atoms. The van der Waals surface area contributed by atoms with Crippen LogP contribution in [-0.4, -0.2) is 38.2 Å². The summed E-state index contributed by atoms with van der Waals surface area (Å²) < 4.78 is 0.00166. The van der Waals surface area contributed by atoms with Crippen molar-refractivity contribution in [2.24, 2.45) is 17.4 Å². The Morgan fingerprint density at radius 3 is 2.35 bits per heavy atom. The second-order valence-electron chi connectivity index (χ2n) is 4.31. The molecule has 0 heterocycles. The predicted molar refractivity (Wildman–Crippen MR) is 99.5 cm³/mol. The van der Waals surface area contributed by atoms with Crippen LogP contribution < -0.4 is 11.5 Å². The Labute approximate surface area is 156 Å². The number of hydrogen-bond acceptors (Lipinski definition) is 4. The van der Waals surface area contributed by atoms with Crippen LogP contribution in [0.1, 0.15) is 6.42 Å². The Morgan fingerprint density at radius 2 is 1.95 bits per heavy atom. The van der Waals surface area contributed by atoms with Gasteiger partial charge in [0.1, 0.15) is 3.42 Å². The Hall–Kier alpha value is 0.530. The minimum atomic E-state index is -1.33. The van der Waals surface area contributed by atoms with Crippen molar-refractivity contribution in [1.29, 1.82) is 0 Å². The molecule has 0 aromatic carbocycles. The van der Waals surface area contributed by atoms with Crippen LogP contribution in [0, 0.1) is 5.92 Å². The standard InChI is InChI=1S/C11H13I3N2O4/c12-6-2-7(13)8(9(15)19)11(14,10(16)20)5(6)1-4(18)3-17/h2,4,8,17-18H,1,3H2,(H2,15,19)(H2,16,20). The highest BCUT2D eigenvalue weighted by molar-refractivity contribution is 14.1. The van der Waals surface area contributed by atoms with Gasteiger partial charge in [0.2, 0.25) is 11.8 Å². The molecule has 6 N–H and O–H groups in total. The lowest BCUT2D eigenvalue weighted by molar-refractivity contribution is -0.126. The molecule has 3 unspecified atom stereocenters. The number of carbonyl (C=O) groups is 2. The van der Waals surface area contributed by atoms with Crippen molar-refractivity contribution >= 4 is 79.6 Å². The van der Waals surface area contributed by atoms with Gasteiger partial charge in [-0.1, -0.05) is 22.6 Å². The number of alkyl halides is 1. The molecule has 1 aliphatic carbocycles. The number of allylic oxidation sites excluding steroid dienone is 2. The van der Waals surface area contributed by atoms with Gasteiger partial charge in [0, 0.05) is 7.16 Å². The summed E-state index contributed by atoms with van der Waals surface area (Å²) in [7, 11) is 0. The van der Waals surface area contributed by atoms with E-state index in [1.165, 1.54) is 0 Å². The van der Waals surface area contributed by atoms with Crippen LogP contribution in [0.25, 0.3) is 0 Å². The van der Waals surface area contributed by atoms with Crippen molar-refractivity contribution in [3.05, 3.63) is 18.8 Å². The molecule has 0 fully saturated rings. The highest BCUT2D eigenvalue weighted by Gasteiger charge is 2.52. The smallest absolute Gasteiger partial charge is 0.238 e. The first-order chi connectivity index (χ1) is 9.16. The van der Waals surface area contributed by atoms with Crippen LogP contribution >= 0.6 is 67.8 Å². The average molecular weight is 618 g/mol. The number of halogens is 3. The lowest BCUT2D eigenvalue weighted by Gasteiger charge is -2.37. The third-order valence-electron chi connectivity index (χ3n) is 2.96. The van der Waals surface area contributed by atoms with Crippen molar-refractivity contribution in [2.45, 2.75) is 15.9 Å². The Morgan fingerprint density at radius 1 is 1.40 bits per heavy atom. The second kappa shape index (κ2) is 7.19. The molecule has 9 heteroatoms. The number of carbonyl (C=O) groups excluding carboxylic acids is 2. The molecule has 1 aliphatic rings. The fourth-order valence-electron chi connectivity index (χ4n) is 2.00. The summed E-state index contributed by atoms with van der Waals surface area (Å²) in [5.41, 5.74) is 11.4. The van der Waals surface area contributed by atoms with E-state index in [4.69, 9.17) is 16.6 Å². The molecule has 0 saturated carbocycles. The van der Waals surface area contributed by atoms with E-state index in [-0.39, 0.29) is 6.42 Å². The molecule has 0 aromatic heterocycles. The van der Waals surface area contributed by atoms with Crippen LogP contribution in [0.5, 0.6) is 0 Å². The topological polar surface area (TPSA) is 127 Å².